The van der Waals surface area contributed by atoms with Crippen LogP contribution in [0.1, 0.15) is 0 Å². The molecule has 0 aromatic carbocycles. The van der Waals surface area contributed by atoms with Gasteiger partial charge in [0.2, 0.25) is 0 Å². The van der Waals surface area contributed by atoms with Crippen molar-refractivity contribution in [2.75, 3.05) is 7.11 Å². The summed E-state index contributed by atoms with van der Waals surface area (Å²) < 4.78 is 29.7. The first-order chi connectivity index (χ1) is 5.20. The molecule has 0 radical (unpaired) electrons. The molecule has 0 unspecified atom stereocenters. The third-order valence-corrected chi connectivity index (χ3v) is 0.815. The SMILES string of the molecule is COS(=O)(=O)O.O=C(O)C(=O)O. The molecule has 0 aliphatic carbocycles. The van der Waals surface area contributed by atoms with Crippen molar-refractivity contribution in [3.8, 4) is 0 Å². The second kappa shape index (κ2) is 5.46. The van der Waals surface area contributed by atoms with Gasteiger partial charge in [-0.25, -0.2) is 9.59 Å². The zero-order chi connectivity index (χ0) is 10.4. The Bertz CT molecular complexity index is 237. The van der Waals surface area contributed by atoms with Crippen molar-refractivity contribution in [3.05, 3.63) is 0 Å². The average molecular weight is 202 g/mol. The van der Waals surface area contributed by atoms with Crippen molar-refractivity contribution < 1.29 is 37.0 Å². The van der Waals surface area contributed by atoms with Gasteiger partial charge < -0.3 is 10.2 Å². The predicted molar refractivity (Wildman–Crippen MR) is 33.8 cm³/mol. The molecule has 0 spiro atoms. The van der Waals surface area contributed by atoms with E-state index in [-0.39, 0.29) is 0 Å². The molecule has 0 atom stereocenters. The fourth-order valence-corrected chi connectivity index (χ4v) is 0. The molecule has 0 rings (SSSR count). The predicted octanol–water partition coefficient (Wildman–Crippen LogP) is -1.41. The maximum absolute atomic E-state index is 9.33. The Labute approximate surface area is 67.3 Å². The van der Waals surface area contributed by atoms with Crippen molar-refractivity contribution in [3.63, 3.8) is 0 Å². The Morgan fingerprint density at radius 1 is 1.17 bits per heavy atom. The molecule has 0 bridgehead atoms. The Morgan fingerprint density at radius 2 is 1.33 bits per heavy atom. The molecule has 0 fully saturated rings. The third kappa shape index (κ3) is 15.9. The van der Waals surface area contributed by atoms with Gasteiger partial charge in [0.05, 0.1) is 7.11 Å². The van der Waals surface area contributed by atoms with Gasteiger partial charge in [-0.2, -0.15) is 8.42 Å². The maximum Gasteiger partial charge on any atom is 0.414 e. The van der Waals surface area contributed by atoms with Crippen LogP contribution in [0.2, 0.25) is 0 Å². The van der Waals surface area contributed by atoms with Gasteiger partial charge in [-0.1, -0.05) is 0 Å². The topological polar surface area (TPSA) is 138 Å². The number of hydrogen-bond acceptors (Lipinski definition) is 5. The lowest BCUT2D eigenvalue weighted by molar-refractivity contribution is -0.159. The number of carboxylic acid groups (broad SMARTS) is 2. The zero-order valence-electron chi connectivity index (χ0n) is 5.79. The molecule has 0 saturated heterocycles. The van der Waals surface area contributed by atoms with Gasteiger partial charge in [0.25, 0.3) is 0 Å². The summed E-state index contributed by atoms with van der Waals surface area (Å²) in [6.45, 7) is 0. The van der Waals surface area contributed by atoms with Gasteiger partial charge in [-0.3, -0.25) is 8.74 Å². The molecular weight excluding hydrogens is 196 g/mol. The Hall–Kier alpha value is -1.19. The van der Waals surface area contributed by atoms with E-state index in [0.717, 1.165) is 7.11 Å². The minimum absolute atomic E-state index is 0.870. The van der Waals surface area contributed by atoms with Crippen LogP contribution < -0.4 is 0 Å². The van der Waals surface area contributed by atoms with Crippen LogP contribution in [-0.2, 0) is 24.2 Å². The van der Waals surface area contributed by atoms with Gasteiger partial charge in [0, 0.05) is 0 Å². The average Bonchev–Trinajstić information content (AvgIpc) is 1.87. The molecule has 8 nitrogen and oxygen atoms in total. The van der Waals surface area contributed by atoms with Crippen LogP contribution in [0.25, 0.3) is 0 Å². The highest BCUT2D eigenvalue weighted by Crippen LogP contribution is 1.74. The zero-order valence-corrected chi connectivity index (χ0v) is 6.61. The fraction of sp³-hybridized carbons (Fsp3) is 0.333. The summed E-state index contributed by atoms with van der Waals surface area (Å²) in [5.74, 6) is -3.65. The van der Waals surface area contributed by atoms with Gasteiger partial charge >= 0.3 is 22.3 Å². The second-order valence-corrected chi connectivity index (χ2v) is 2.39. The van der Waals surface area contributed by atoms with Crippen molar-refractivity contribution in [1.29, 1.82) is 0 Å². The Kier molecular flexibility index (Phi) is 6.10. The summed E-state index contributed by atoms with van der Waals surface area (Å²) in [4.78, 5) is 18.2. The standard InChI is InChI=1S/C2H2O4.CH4O4S/c3-1(4)2(5)6;1-5-6(2,3)4/h(H,3,4)(H,5,6);1H3,(H,2,3,4). The van der Waals surface area contributed by atoms with E-state index in [0.29, 0.717) is 0 Å². The Balaban J connectivity index is 0. The number of carboxylic acids is 2. The van der Waals surface area contributed by atoms with Gasteiger partial charge in [0.1, 0.15) is 0 Å². The molecule has 0 aliphatic rings. The molecular formula is C3H6O8S. The van der Waals surface area contributed by atoms with E-state index in [1.165, 1.54) is 0 Å². The maximum atomic E-state index is 9.33. The fourth-order valence-electron chi connectivity index (χ4n) is 0. The lowest BCUT2D eigenvalue weighted by Gasteiger charge is -1.82. The molecule has 0 heterocycles. The lowest BCUT2D eigenvalue weighted by atomic mass is 10.7. The van der Waals surface area contributed by atoms with Crippen molar-refractivity contribution in [2.45, 2.75) is 0 Å². The van der Waals surface area contributed by atoms with E-state index >= 15 is 0 Å². The van der Waals surface area contributed by atoms with Gasteiger partial charge in [-0.15, -0.1) is 0 Å². The highest BCUT2D eigenvalue weighted by molar-refractivity contribution is 7.80. The largest absolute Gasteiger partial charge is 0.473 e. The second-order valence-electron chi connectivity index (χ2n) is 1.20. The molecule has 3 N–H and O–H groups in total. The number of aliphatic carboxylic acids is 2. The van der Waals surface area contributed by atoms with E-state index in [9.17, 15) is 8.42 Å². The van der Waals surface area contributed by atoms with Crippen molar-refractivity contribution >= 4 is 22.3 Å². The summed E-state index contributed by atoms with van der Waals surface area (Å²) in [5.41, 5.74) is 0. The van der Waals surface area contributed by atoms with E-state index in [1.54, 1.807) is 0 Å². The van der Waals surface area contributed by atoms with Crippen LogP contribution in [0, 0.1) is 0 Å². The Morgan fingerprint density at radius 3 is 1.33 bits per heavy atom. The van der Waals surface area contributed by atoms with Crippen LogP contribution in [0.4, 0.5) is 0 Å². The number of rotatable bonds is 1. The van der Waals surface area contributed by atoms with Crippen molar-refractivity contribution in [1.82, 2.24) is 0 Å². The van der Waals surface area contributed by atoms with E-state index in [4.69, 9.17) is 24.4 Å². The van der Waals surface area contributed by atoms with Gasteiger partial charge in [0.15, 0.2) is 0 Å². The van der Waals surface area contributed by atoms with Crippen LogP contribution in [0.5, 0.6) is 0 Å². The number of carbonyl (C=O) groups is 2. The first kappa shape index (κ1) is 13.4. The first-order valence-electron chi connectivity index (χ1n) is 2.20. The number of hydrogen-bond donors (Lipinski definition) is 3. The van der Waals surface area contributed by atoms with Crippen LogP contribution in [0.15, 0.2) is 0 Å². The molecule has 9 heteroatoms. The van der Waals surface area contributed by atoms with Crippen molar-refractivity contribution in [2.24, 2.45) is 0 Å². The van der Waals surface area contributed by atoms with Crippen LogP contribution in [0.3, 0.4) is 0 Å². The molecule has 0 saturated carbocycles. The molecule has 72 valence electrons. The smallest absolute Gasteiger partial charge is 0.414 e. The third-order valence-electron chi connectivity index (χ3n) is 0.394. The summed E-state index contributed by atoms with van der Waals surface area (Å²) in [7, 11) is -3.29. The van der Waals surface area contributed by atoms with Crippen LogP contribution >= 0.6 is 0 Å². The summed E-state index contributed by atoms with van der Waals surface area (Å²) in [5, 5.41) is 14.8. The van der Waals surface area contributed by atoms with E-state index < -0.39 is 22.3 Å². The summed E-state index contributed by atoms with van der Waals surface area (Å²) >= 11 is 0. The van der Waals surface area contributed by atoms with E-state index in [2.05, 4.69) is 4.18 Å². The highest BCUT2D eigenvalue weighted by atomic mass is 32.3. The molecule has 12 heavy (non-hydrogen) atoms. The quantitative estimate of drug-likeness (QED) is 0.348. The summed E-state index contributed by atoms with van der Waals surface area (Å²) in [6, 6.07) is 0. The minimum Gasteiger partial charge on any atom is -0.473 e. The lowest BCUT2D eigenvalue weighted by Crippen LogP contribution is -2.09. The normalized spacial score (nSPS) is 9.50. The summed E-state index contributed by atoms with van der Waals surface area (Å²) in [6.07, 6.45) is 0. The highest BCUT2D eigenvalue weighted by Gasteiger charge is 2.04. The van der Waals surface area contributed by atoms with Gasteiger partial charge in [-0.05, 0) is 0 Å². The molecule has 0 aromatic rings. The molecule has 0 amide bonds. The minimum atomic E-state index is -4.16. The molecule has 0 aromatic heterocycles. The van der Waals surface area contributed by atoms with E-state index in [1.807, 2.05) is 0 Å². The monoisotopic (exact) mass is 202 g/mol. The van der Waals surface area contributed by atoms with Crippen LogP contribution in [-0.4, -0.2) is 42.2 Å². The molecule has 0 aliphatic heterocycles. The first-order valence-corrected chi connectivity index (χ1v) is 3.56.